The Morgan fingerprint density at radius 1 is 0.905 bits per heavy atom. The smallest absolute Gasteiger partial charge is 0.295 e. The topological polar surface area (TPSA) is 88.5 Å². The Hall–Kier alpha value is -4.14. The molecule has 0 spiro atoms. The van der Waals surface area contributed by atoms with Crippen molar-refractivity contribution in [1.29, 1.82) is 0 Å². The van der Waals surface area contributed by atoms with Crippen LogP contribution in [0.15, 0.2) is 84.4 Å². The number of carbonyl (C=O) groups excluding carboxylic acids is 2. The number of nitrogens with zero attached hydrogens (tertiary/aromatic N) is 2. The lowest BCUT2D eigenvalue weighted by atomic mass is 9.95. The lowest BCUT2D eigenvalue weighted by molar-refractivity contribution is -0.140. The molecule has 0 aliphatic carbocycles. The molecule has 2 saturated heterocycles. The summed E-state index contributed by atoms with van der Waals surface area (Å²) < 4.78 is 17.2. The molecule has 1 N–H and O–H groups in total. The van der Waals surface area contributed by atoms with Gasteiger partial charge in [-0.15, -0.1) is 0 Å². The Bertz CT molecular complexity index is 1380. The molecule has 3 aromatic carbocycles. The van der Waals surface area contributed by atoms with E-state index in [9.17, 15) is 14.7 Å². The van der Waals surface area contributed by atoms with Crippen LogP contribution in [0.4, 0.5) is 0 Å². The van der Waals surface area contributed by atoms with Crippen LogP contribution in [0.5, 0.6) is 11.5 Å². The van der Waals surface area contributed by atoms with E-state index in [4.69, 9.17) is 14.2 Å². The second-order valence-corrected chi connectivity index (χ2v) is 10.5. The molecule has 3 aromatic rings. The molecule has 1 unspecified atom stereocenters. The summed E-state index contributed by atoms with van der Waals surface area (Å²) in [6.45, 7) is 7.26. The van der Waals surface area contributed by atoms with Gasteiger partial charge in [-0.1, -0.05) is 61.5 Å². The molecule has 220 valence electrons. The summed E-state index contributed by atoms with van der Waals surface area (Å²) in [6.07, 6.45) is 1.54. The molecular formula is C34H38N2O6. The highest BCUT2D eigenvalue weighted by atomic mass is 16.5. The van der Waals surface area contributed by atoms with Gasteiger partial charge in [0.2, 0.25) is 0 Å². The van der Waals surface area contributed by atoms with Crippen molar-refractivity contribution in [3.63, 3.8) is 0 Å². The third-order valence-electron chi connectivity index (χ3n) is 7.54. The fraction of sp³-hybridized carbons (Fsp3) is 0.353. The monoisotopic (exact) mass is 570 g/mol. The number of hydrogen-bond donors (Lipinski definition) is 1. The van der Waals surface area contributed by atoms with Gasteiger partial charge in [-0.05, 0) is 48.2 Å². The SMILES string of the molecule is CCCOc1cccc(/C(O)=C2\C(=O)C(=O)N(CCCN3CCOCC3)C2c2ccc(OCc3ccccc3)cc2)c1. The normalized spacial score (nSPS) is 18.8. The number of ether oxygens (including phenoxy) is 3. The van der Waals surface area contributed by atoms with Gasteiger partial charge in [0.1, 0.15) is 23.9 Å². The van der Waals surface area contributed by atoms with Crippen LogP contribution >= 0.6 is 0 Å². The number of Topliss-reactive ketones (excluding diaryl/α,β-unsaturated/α-hetero) is 1. The van der Waals surface area contributed by atoms with Crippen molar-refractivity contribution in [1.82, 2.24) is 9.80 Å². The number of amides is 1. The Kier molecular flexibility index (Phi) is 9.90. The van der Waals surface area contributed by atoms with E-state index >= 15 is 0 Å². The van der Waals surface area contributed by atoms with Crippen LogP contribution < -0.4 is 9.47 Å². The quantitative estimate of drug-likeness (QED) is 0.182. The maximum Gasteiger partial charge on any atom is 0.295 e. The minimum atomic E-state index is -0.724. The first-order chi connectivity index (χ1) is 20.5. The number of aliphatic hydroxyl groups is 1. The molecule has 8 heteroatoms. The van der Waals surface area contributed by atoms with E-state index in [1.54, 1.807) is 23.1 Å². The van der Waals surface area contributed by atoms with E-state index in [-0.39, 0.29) is 11.3 Å². The molecule has 2 aliphatic heterocycles. The largest absolute Gasteiger partial charge is 0.507 e. The number of rotatable bonds is 12. The average Bonchev–Trinajstić information content (AvgIpc) is 3.29. The third kappa shape index (κ3) is 7.01. The maximum atomic E-state index is 13.5. The Balaban J connectivity index is 1.42. The molecule has 2 heterocycles. The van der Waals surface area contributed by atoms with E-state index in [0.29, 0.717) is 56.5 Å². The van der Waals surface area contributed by atoms with Crippen molar-refractivity contribution in [2.24, 2.45) is 0 Å². The minimum Gasteiger partial charge on any atom is -0.507 e. The number of likely N-dealkylation sites (tertiary alicyclic amines) is 1. The molecule has 0 radical (unpaired) electrons. The predicted molar refractivity (Wildman–Crippen MR) is 160 cm³/mol. The van der Waals surface area contributed by atoms with Gasteiger partial charge in [0, 0.05) is 31.7 Å². The number of aliphatic hydroxyl groups excluding tert-OH is 1. The highest BCUT2D eigenvalue weighted by Gasteiger charge is 2.45. The average molecular weight is 571 g/mol. The van der Waals surface area contributed by atoms with E-state index in [1.807, 2.05) is 67.6 Å². The van der Waals surface area contributed by atoms with Gasteiger partial charge in [-0.25, -0.2) is 0 Å². The first-order valence-electron chi connectivity index (χ1n) is 14.6. The zero-order chi connectivity index (χ0) is 29.3. The lowest BCUT2D eigenvalue weighted by Crippen LogP contribution is -2.38. The van der Waals surface area contributed by atoms with Gasteiger partial charge in [-0.3, -0.25) is 14.5 Å². The fourth-order valence-electron chi connectivity index (χ4n) is 5.34. The molecule has 0 bridgehead atoms. The predicted octanol–water partition coefficient (Wildman–Crippen LogP) is 5.20. The van der Waals surface area contributed by atoms with E-state index in [2.05, 4.69) is 4.90 Å². The molecular weight excluding hydrogens is 532 g/mol. The second kappa shape index (κ2) is 14.2. The number of morpholine rings is 1. The third-order valence-corrected chi connectivity index (χ3v) is 7.54. The molecule has 0 aromatic heterocycles. The van der Waals surface area contributed by atoms with Crippen LogP contribution in [0.25, 0.3) is 5.76 Å². The van der Waals surface area contributed by atoms with E-state index < -0.39 is 17.7 Å². The van der Waals surface area contributed by atoms with Gasteiger partial charge < -0.3 is 24.2 Å². The molecule has 1 amide bonds. The number of carbonyl (C=O) groups is 2. The standard InChI is InChI=1S/C34H38N2O6/c1-2-20-41-29-11-6-10-27(23-29)32(37)30-31(26-12-14-28(15-13-26)42-24-25-8-4-3-5-9-25)36(34(39)33(30)38)17-7-16-35-18-21-40-22-19-35/h3-6,8-15,23,31,37H,2,7,16-22,24H2,1H3/b32-30+. The molecule has 5 rings (SSSR count). The van der Waals surface area contributed by atoms with Crippen molar-refractivity contribution < 1.29 is 28.9 Å². The summed E-state index contributed by atoms with van der Waals surface area (Å²) in [6, 6.07) is 23.6. The fourth-order valence-corrected chi connectivity index (χ4v) is 5.34. The van der Waals surface area contributed by atoms with Gasteiger partial charge in [0.25, 0.3) is 11.7 Å². The summed E-state index contributed by atoms with van der Waals surface area (Å²) in [5.41, 5.74) is 2.30. The van der Waals surface area contributed by atoms with Crippen LogP contribution in [-0.4, -0.2) is 72.6 Å². The zero-order valence-corrected chi connectivity index (χ0v) is 24.0. The Labute approximate surface area is 247 Å². The highest BCUT2D eigenvalue weighted by Crippen LogP contribution is 2.40. The summed E-state index contributed by atoms with van der Waals surface area (Å²) in [5, 5.41) is 11.5. The van der Waals surface area contributed by atoms with Crippen LogP contribution in [-0.2, 0) is 20.9 Å². The first-order valence-corrected chi connectivity index (χ1v) is 14.6. The lowest BCUT2D eigenvalue weighted by Gasteiger charge is -2.29. The second-order valence-electron chi connectivity index (χ2n) is 10.5. The minimum absolute atomic E-state index is 0.0805. The zero-order valence-electron chi connectivity index (χ0n) is 24.0. The van der Waals surface area contributed by atoms with Crippen LogP contribution in [0.1, 0.15) is 42.5 Å². The van der Waals surface area contributed by atoms with Gasteiger partial charge in [-0.2, -0.15) is 0 Å². The van der Waals surface area contributed by atoms with Crippen molar-refractivity contribution in [2.75, 3.05) is 46.0 Å². The Morgan fingerprint density at radius 2 is 1.67 bits per heavy atom. The number of ketones is 1. The molecule has 1 atom stereocenters. The van der Waals surface area contributed by atoms with Crippen LogP contribution in [0, 0.1) is 0 Å². The van der Waals surface area contributed by atoms with Crippen molar-refractivity contribution >= 4 is 17.4 Å². The molecule has 42 heavy (non-hydrogen) atoms. The molecule has 0 saturated carbocycles. The van der Waals surface area contributed by atoms with Gasteiger partial charge in [0.05, 0.1) is 31.4 Å². The molecule has 8 nitrogen and oxygen atoms in total. The van der Waals surface area contributed by atoms with Crippen LogP contribution in [0.3, 0.4) is 0 Å². The van der Waals surface area contributed by atoms with E-state index in [0.717, 1.165) is 37.2 Å². The number of hydrogen-bond acceptors (Lipinski definition) is 7. The first kappa shape index (κ1) is 29.4. The van der Waals surface area contributed by atoms with Crippen molar-refractivity contribution in [3.8, 4) is 11.5 Å². The van der Waals surface area contributed by atoms with Crippen LogP contribution in [0.2, 0.25) is 0 Å². The Morgan fingerprint density at radius 3 is 2.40 bits per heavy atom. The van der Waals surface area contributed by atoms with Crippen molar-refractivity contribution in [2.45, 2.75) is 32.4 Å². The molecule has 2 fully saturated rings. The summed E-state index contributed by atoms with van der Waals surface area (Å²) >= 11 is 0. The molecule has 2 aliphatic rings. The highest BCUT2D eigenvalue weighted by molar-refractivity contribution is 6.46. The summed E-state index contributed by atoms with van der Waals surface area (Å²) in [4.78, 5) is 30.8. The maximum absolute atomic E-state index is 13.5. The summed E-state index contributed by atoms with van der Waals surface area (Å²) in [5.74, 6) is -0.232. The number of benzene rings is 3. The van der Waals surface area contributed by atoms with Gasteiger partial charge in [0.15, 0.2) is 0 Å². The summed E-state index contributed by atoms with van der Waals surface area (Å²) in [7, 11) is 0. The van der Waals surface area contributed by atoms with Crippen molar-refractivity contribution in [3.05, 3.63) is 101 Å². The van der Waals surface area contributed by atoms with E-state index in [1.165, 1.54) is 0 Å². The van der Waals surface area contributed by atoms with Gasteiger partial charge >= 0.3 is 0 Å².